The van der Waals surface area contributed by atoms with E-state index >= 15 is 0 Å². The van der Waals surface area contributed by atoms with E-state index in [0.29, 0.717) is 18.8 Å². The fourth-order valence-corrected chi connectivity index (χ4v) is 2.30. The van der Waals surface area contributed by atoms with E-state index in [1.165, 1.54) is 19.2 Å². The van der Waals surface area contributed by atoms with Crippen molar-refractivity contribution in [2.24, 2.45) is 0 Å². The van der Waals surface area contributed by atoms with E-state index in [1.54, 1.807) is 30.3 Å². The number of amides is 1. The van der Waals surface area contributed by atoms with E-state index in [4.69, 9.17) is 9.47 Å². The molecule has 0 aromatic heterocycles. The Bertz CT molecular complexity index is 751. The number of halogens is 1. The minimum absolute atomic E-state index is 0.0165. The third kappa shape index (κ3) is 5.37. The van der Waals surface area contributed by atoms with Crippen LogP contribution < -0.4 is 5.32 Å². The molecule has 0 saturated heterocycles. The SMILES string of the molecule is COCCOCc1cc(C(=O)NC(C(=O)O)c2ccccc2)ccc1F. The van der Waals surface area contributed by atoms with Gasteiger partial charge in [-0.2, -0.15) is 0 Å². The van der Waals surface area contributed by atoms with Crippen molar-refractivity contribution in [2.45, 2.75) is 12.6 Å². The minimum atomic E-state index is -1.20. The first kappa shape index (κ1) is 19.6. The molecule has 0 aliphatic carbocycles. The highest BCUT2D eigenvalue weighted by molar-refractivity contribution is 5.97. The molecule has 1 atom stereocenters. The number of benzene rings is 2. The summed E-state index contributed by atoms with van der Waals surface area (Å²) in [4.78, 5) is 23.9. The molecule has 0 aliphatic rings. The fraction of sp³-hybridized carbons (Fsp3) is 0.263. The van der Waals surface area contributed by atoms with E-state index in [-0.39, 0.29) is 17.7 Å². The molecule has 2 rings (SSSR count). The van der Waals surface area contributed by atoms with Gasteiger partial charge < -0.3 is 19.9 Å². The van der Waals surface area contributed by atoms with Gasteiger partial charge in [-0.15, -0.1) is 0 Å². The normalized spacial score (nSPS) is 11.8. The van der Waals surface area contributed by atoms with Gasteiger partial charge in [0.15, 0.2) is 6.04 Å². The van der Waals surface area contributed by atoms with Gasteiger partial charge in [-0.05, 0) is 23.8 Å². The maximum absolute atomic E-state index is 13.9. The Morgan fingerprint density at radius 2 is 1.88 bits per heavy atom. The number of nitrogens with one attached hydrogen (secondary N) is 1. The van der Waals surface area contributed by atoms with Gasteiger partial charge in [-0.1, -0.05) is 30.3 Å². The highest BCUT2D eigenvalue weighted by Crippen LogP contribution is 2.16. The van der Waals surface area contributed by atoms with Gasteiger partial charge in [0.05, 0.1) is 19.8 Å². The van der Waals surface area contributed by atoms with Crippen LogP contribution >= 0.6 is 0 Å². The molecule has 0 fully saturated rings. The first-order valence-corrected chi connectivity index (χ1v) is 7.96. The predicted octanol–water partition coefficient (Wildman–Crippen LogP) is 2.54. The second kappa shape index (κ2) is 9.65. The lowest BCUT2D eigenvalue weighted by atomic mass is 10.1. The van der Waals surface area contributed by atoms with Gasteiger partial charge in [0.1, 0.15) is 5.82 Å². The summed E-state index contributed by atoms with van der Waals surface area (Å²) >= 11 is 0. The summed E-state index contributed by atoms with van der Waals surface area (Å²) in [6.45, 7) is 0.651. The Hall–Kier alpha value is -2.77. The van der Waals surface area contributed by atoms with Crippen LogP contribution in [0.5, 0.6) is 0 Å². The van der Waals surface area contributed by atoms with Crippen LogP contribution in [0.2, 0.25) is 0 Å². The Kier molecular flexibility index (Phi) is 7.25. The number of aliphatic carboxylic acids is 1. The van der Waals surface area contributed by atoms with Gasteiger partial charge in [-0.25, -0.2) is 9.18 Å². The minimum Gasteiger partial charge on any atom is -0.479 e. The number of ether oxygens (including phenoxy) is 2. The average molecular weight is 361 g/mol. The van der Waals surface area contributed by atoms with Crippen molar-refractivity contribution in [3.05, 3.63) is 71.0 Å². The Morgan fingerprint density at radius 1 is 1.15 bits per heavy atom. The topological polar surface area (TPSA) is 84.9 Å². The summed E-state index contributed by atoms with van der Waals surface area (Å²) in [5, 5.41) is 11.8. The first-order valence-electron chi connectivity index (χ1n) is 7.96. The molecule has 1 unspecified atom stereocenters. The summed E-state index contributed by atoms with van der Waals surface area (Å²) < 4.78 is 24.0. The van der Waals surface area contributed by atoms with Gasteiger partial charge in [-0.3, -0.25) is 4.79 Å². The van der Waals surface area contributed by atoms with Crippen molar-refractivity contribution in [3.63, 3.8) is 0 Å². The summed E-state index contributed by atoms with van der Waals surface area (Å²) in [5.41, 5.74) is 0.804. The average Bonchev–Trinajstić information content (AvgIpc) is 2.64. The third-order valence-electron chi connectivity index (χ3n) is 3.65. The number of carboxylic acid groups (broad SMARTS) is 1. The molecule has 2 aromatic rings. The molecule has 26 heavy (non-hydrogen) atoms. The van der Waals surface area contributed by atoms with Crippen LogP contribution in [-0.4, -0.2) is 37.3 Å². The Balaban J connectivity index is 2.11. The molecule has 0 spiro atoms. The molecule has 2 N–H and O–H groups in total. The van der Waals surface area contributed by atoms with Crippen molar-refractivity contribution in [3.8, 4) is 0 Å². The smallest absolute Gasteiger partial charge is 0.330 e. The van der Waals surface area contributed by atoms with E-state index in [1.807, 2.05) is 0 Å². The standard InChI is InChI=1S/C19H20FNO5/c1-25-9-10-26-12-15-11-14(7-8-16(15)20)18(22)21-17(19(23)24)13-5-3-2-4-6-13/h2-8,11,17H,9-10,12H2,1H3,(H,21,22)(H,23,24). The second-order valence-electron chi connectivity index (χ2n) is 5.51. The Morgan fingerprint density at radius 3 is 2.54 bits per heavy atom. The highest BCUT2D eigenvalue weighted by Gasteiger charge is 2.22. The molecular weight excluding hydrogens is 341 g/mol. The van der Waals surface area contributed by atoms with Crippen LogP contribution in [0.25, 0.3) is 0 Å². The van der Waals surface area contributed by atoms with Crippen molar-refractivity contribution in [1.82, 2.24) is 5.32 Å². The fourth-order valence-electron chi connectivity index (χ4n) is 2.30. The van der Waals surface area contributed by atoms with Crippen LogP contribution in [-0.2, 0) is 20.9 Å². The first-order chi connectivity index (χ1) is 12.5. The quantitative estimate of drug-likeness (QED) is 0.671. The molecule has 0 radical (unpaired) electrons. The molecule has 138 valence electrons. The molecule has 0 aliphatic heterocycles. The summed E-state index contributed by atoms with van der Waals surface area (Å²) in [5.74, 6) is -2.30. The number of carboxylic acids is 1. The molecule has 0 bridgehead atoms. The number of rotatable bonds is 9. The molecular formula is C19H20FNO5. The number of hydrogen-bond donors (Lipinski definition) is 2. The lowest BCUT2D eigenvalue weighted by Crippen LogP contribution is -2.33. The summed E-state index contributed by atoms with van der Waals surface area (Å²) in [6, 6.07) is 10.9. The lowest BCUT2D eigenvalue weighted by molar-refractivity contribution is -0.139. The number of carbonyl (C=O) groups excluding carboxylic acids is 1. The zero-order valence-electron chi connectivity index (χ0n) is 14.3. The van der Waals surface area contributed by atoms with Crippen LogP contribution in [0.4, 0.5) is 4.39 Å². The number of carbonyl (C=O) groups is 2. The summed E-state index contributed by atoms with van der Waals surface area (Å²) in [7, 11) is 1.53. The van der Waals surface area contributed by atoms with Crippen LogP contribution in [0, 0.1) is 5.82 Å². The van der Waals surface area contributed by atoms with E-state index in [2.05, 4.69) is 5.32 Å². The molecule has 7 heteroatoms. The van der Waals surface area contributed by atoms with Gasteiger partial charge in [0.25, 0.3) is 5.91 Å². The van der Waals surface area contributed by atoms with Crippen LogP contribution in [0.1, 0.15) is 27.5 Å². The third-order valence-corrected chi connectivity index (χ3v) is 3.65. The largest absolute Gasteiger partial charge is 0.479 e. The zero-order chi connectivity index (χ0) is 18.9. The van der Waals surface area contributed by atoms with Crippen molar-refractivity contribution < 1.29 is 28.6 Å². The van der Waals surface area contributed by atoms with Crippen molar-refractivity contribution in [2.75, 3.05) is 20.3 Å². The van der Waals surface area contributed by atoms with Gasteiger partial charge in [0.2, 0.25) is 0 Å². The molecule has 0 heterocycles. The highest BCUT2D eigenvalue weighted by atomic mass is 19.1. The van der Waals surface area contributed by atoms with E-state index in [0.717, 1.165) is 6.07 Å². The molecule has 2 aromatic carbocycles. The molecule has 6 nitrogen and oxygen atoms in total. The number of hydrogen-bond acceptors (Lipinski definition) is 4. The Labute approximate surface area is 150 Å². The monoisotopic (exact) mass is 361 g/mol. The van der Waals surface area contributed by atoms with Gasteiger partial charge >= 0.3 is 5.97 Å². The maximum Gasteiger partial charge on any atom is 0.330 e. The predicted molar refractivity (Wildman–Crippen MR) is 92.2 cm³/mol. The number of methoxy groups -OCH3 is 1. The molecule has 1 amide bonds. The van der Waals surface area contributed by atoms with Crippen LogP contribution in [0.3, 0.4) is 0 Å². The van der Waals surface area contributed by atoms with E-state index in [9.17, 15) is 19.1 Å². The molecule has 0 saturated carbocycles. The van der Waals surface area contributed by atoms with E-state index < -0.39 is 23.7 Å². The second-order valence-corrected chi connectivity index (χ2v) is 5.51. The maximum atomic E-state index is 13.9. The lowest BCUT2D eigenvalue weighted by Gasteiger charge is -2.15. The summed E-state index contributed by atoms with van der Waals surface area (Å²) in [6.07, 6.45) is 0. The van der Waals surface area contributed by atoms with Gasteiger partial charge in [0, 0.05) is 18.2 Å². The van der Waals surface area contributed by atoms with Crippen LogP contribution in [0.15, 0.2) is 48.5 Å². The van der Waals surface area contributed by atoms with Crippen molar-refractivity contribution in [1.29, 1.82) is 0 Å². The zero-order valence-corrected chi connectivity index (χ0v) is 14.3. The van der Waals surface area contributed by atoms with Crippen molar-refractivity contribution >= 4 is 11.9 Å².